The zero-order valence-electron chi connectivity index (χ0n) is 16.5. The van der Waals surface area contributed by atoms with Gasteiger partial charge in [0.05, 0.1) is 36.3 Å². The van der Waals surface area contributed by atoms with E-state index in [1.165, 1.54) is 14.2 Å². The van der Waals surface area contributed by atoms with Crippen molar-refractivity contribution in [3.63, 3.8) is 0 Å². The van der Waals surface area contributed by atoms with Crippen molar-refractivity contribution in [1.29, 1.82) is 0 Å². The molecule has 0 aliphatic rings. The maximum absolute atomic E-state index is 13.0. The van der Waals surface area contributed by atoms with Crippen molar-refractivity contribution in [3.8, 4) is 0 Å². The number of carbonyl (C=O) groups is 2. The highest BCUT2D eigenvalue weighted by Crippen LogP contribution is 2.29. The van der Waals surface area contributed by atoms with E-state index in [2.05, 4.69) is 14.7 Å². The molecule has 0 unspecified atom stereocenters. The summed E-state index contributed by atoms with van der Waals surface area (Å²) in [4.78, 5) is 57.4. The molecule has 0 spiro atoms. The van der Waals surface area contributed by atoms with Gasteiger partial charge < -0.3 is 24.3 Å². The number of nitrogens with zero attached hydrogens (tertiary/aromatic N) is 1. The van der Waals surface area contributed by atoms with Crippen molar-refractivity contribution >= 4 is 39.4 Å². The molecule has 29 heavy (non-hydrogen) atoms. The number of methoxy groups -OCH3 is 2. The molecule has 2 heterocycles. The minimum Gasteiger partial charge on any atom is -0.464 e. The van der Waals surface area contributed by atoms with Crippen molar-refractivity contribution in [2.75, 3.05) is 32.2 Å². The first-order valence-electron chi connectivity index (χ1n) is 9.04. The number of pyridine rings is 2. The Morgan fingerprint density at radius 2 is 1.38 bits per heavy atom. The van der Waals surface area contributed by atoms with E-state index in [4.69, 9.17) is 4.74 Å². The van der Waals surface area contributed by atoms with Gasteiger partial charge in [0.1, 0.15) is 11.4 Å². The summed E-state index contributed by atoms with van der Waals surface area (Å²) < 4.78 is 9.40. The third kappa shape index (κ3) is 3.35. The number of nitrogens with one attached hydrogen (secondary N) is 2. The molecule has 2 N–H and O–H groups in total. The predicted octanol–water partition coefficient (Wildman–Crippen LogP) is 1.79. The molecule has 0 fully saturated rings. The van der Waals surface area contributed by atoms with Gasteiger partial charge in [-0.1, -0.05) is 0 Å². The Morgan fingerprint density at radius 3 is 1.90 bits per heavy atom. The standard InChI is InChI=1S/C20H21N3O6/c1-5-23(6-2)13-7-10-14(24)8-11(19(26)28-3)21-17(10)16-15(25)9-12(20(27)29-4)22-18(13)16/h7-9H,5-6H2,1-4H3,(H,21,24)(H,22,25). The number of anilines is 1. The maximum Gasteiger partial charge on any atom is 0.354 e. The zero-order chi connectivity index (χ0) is 21.3. The molecule has 3 rings (SSSR count). The van der Waals surface area contributed by atoms with Gasteiger partial charge >= 0.3 is 11.9 Å². The number of aromatic nitrogens is 2. The largest absolute Gasteiger partial charge is 0.464 e. The molecule has 9 heteroatoms. The number of H-pyrrole nitrogens is 2. The summed E-state index contributed by atoms with van der Waals surface area (Å²) in [5, 5.41) is 0.420. The zero-order valence-corrected chi connectivity index (χ0v) is 16.5. The van der Waals surface area contributed by atoms with Gasteiger partial charge in [-0.2, -0.15) is 0 Å². The van der Waals surface area contributed by atoms with Crippen LogP contribution in [0.25, 0.3) is 21.8 Å². The number of ether oxygens (including phenoxy) is 2. The topological polar surface area (TPSA) is 122 Å². The molecule has 9 nitrogen and oxygen atoms in total. The Bertz CT molecular complexity index is 1240. The van der Waals surface area contributed by atoms with Crippen molar-refractivity contribution in [3.05, 3.63) is 50.0 Å². The van der Waals surface area contributed by atoms with E-state index in [1.54, 1.807) is 6.07 Å². The second kappa shape index (κ2) is 7.78. The lowest BCUT2D eigenvalue weighted by Crippen LogP contribution is -2.24. The molecular weight excluding hydrogens is 378 g/mol. The van der Waals surface area contributed by atoms with Crippen LogP contribution in [0.4, 0.5) is 5.69 Å². The minimum absolute atomic E-state index is 0.00998. The number of esters is 2. The highest BCUT2D eigenvalue weighted by Gasteiger charge is 2.20. The van der Waals surface area contributed by atoms with Crippen LogP contribution in [0.5, 0.6) is 0 Å². The Kier molecular flexibility index (Phi) is 5.40. The van der Waals surface area contributed by atoms with Gasteiger partial charge in [0.2, 0.25) is 0 Å². The van der Waals surface area contributed by atoms with Crippen LogP contribution < -0.4 is 15.8 Å². The molecule has 0 bridgehead atoms. The van der Waals surface area contributed by atoms with Gasteiger partial charge in [0.15, 0.2) is 10.9 Å². The van der Waals surface area contributed by atoms with E-state index in [-0.39, 0.29) is 27.7 Å². The fourth-order valence-corrected chi connectivity index (χ4v) is 3.37. The van der Waals surface area contributed by atoms with Crippen LogP contribution in [-0.4, -0.2) is 49.2 Å². The number of benzene rings is 1. The second-order valence-corrected chi connectivity index (χ2v) is 6.32. The fourth-order valence-electron chi connectivity index (χ4n) is 3.37. The summed E-state index contributed by atoms with van der Waals surface area (Å²) in [6.45, 7) is 5.10. The molecule has 0 aliphatic heterocycles. The summed E-state index contributed by atoms with van der Waals surface area (Å²) in [7, 11) is 2.42. The molecule has 3 aromatic rings. The number of fused-ring (bicyclic) bond motifs is 3. The van der Waals surface area contributed by atoms with Gasteiger partial charge in [-0.25, -0.2) is 9.59 Å². The van der Waals surface area contributed by atoms with Gasteiger partial charge in [0.25, 0.3) is 0 Å². The summed E-state index contributed by atoms with van der Waals surface area (Å²) in [5.41, 5.74) is 0.161. The highest BCUT2D eigenvalue weighted by atomic mass is 16.5. The Hall–Kier alpha value is -3.62. The number of aromatic amines is 2. The lowest BCUT2D eigenvalue weighted by atomic mass is 10.0. The smallest absolute Gasteiger partial charge is 0.354 e. The van der Waals surface area contributed by atoms with E-state index in [0.29, 0.717) is 24.3 Å². The molecule has 0 saturated heterocycles. The van der Waals surface area contributed by atoms with Crippen molar-refractivity contribution in [2.45, 2.75) is 13.8 Å². The van der Waals surface area contributed by atoms with E-state index >= 15 is 0 Å². The van der Waals surface area contributed by atoms with Gasteiger partial charge in [-0.15, -0.1) is 0 Å². The Morgan fingerprint density at radius 1 is 0.862 bits per heavy atom. The average molecular weight is 399 g/mol. The molecule has 0 amide bonds. The van der Waals surface area contributed by atoms with Gasteiger partial charge in [-0.05, 0) is 19.9 Å². The van der Waals surface area contributed by atoms with Gasteiger partial charge in [0, 0.05) is 30.6 Å². The summed E-state index contributed by atoms with van der Waals surface area (Å²) in [6.07, 6.45) is 0. The maximum atomic E-state index is 13.0. The van der Waals surface area contributed by atoms with E-state index in [1.807, 2.05) is 18.7 Å². The Balaban J connectivity index is 2.55. The average Bonchev–Trinajstić information content (AvgIpc) is 2.73. The summed E-state index contributed by atoms with van der Waals surface area (Å²) >= 11 is 0. The SMILES string of the molecule is CCN(CC)c1cc2c(=O)cc(C(=O)OC)[nH]c2c2c(=O)cc(C(=O)OC)[nH]c12. The van der Waals surface area contributed by atoms with Gasteiger partial charge in [-0.3, -0.25) is 9.59 Å². The normalized spacial score (nSPS) is 10.9. The molecule has 0 radical (unpaired) electrons. The number of hydrogen-bond donors (Lipinski definition) is 2. The quantitative estimate of drug-likeness (QED) is 0.495. The monoisotopic (exact) mass is 399 g/mol. The van der Waals surface area contributed by atoms with Crippen molar-refractivity contribution in [2.24, 2.45) is 0 Å². The van der Waals surface area contributed by atoms with Crippen LogP contribution in [0.1, 0.15) is 34.8 Å². The van der Waals surface area contributed by atoms with Crippen LogP contribution in [0.3, 0.4) is 0 Å². The highest BCUT2D eigenvalue weighted by molar-refractivity contribution is 6.11. The molecule has 2 aromatic heterocycles. The molecule has 0 saturated carbocycles. The predicted molar refractivity (Wildman–Crippen MR) is 109 cm³/mol. The lowest BCUT2D eigenvalue weighted by molar-refractivity contribution is 0.0586. The van der Waals surface area contributed by atoms with E-state index in [0.717, 1.165) is 12.1 Å². The molecule has 0 atom stereocenters. The van der Waals surface area contributed by atoms with E-state index < -0.39 is 22.8 Å². The third-order valence-corrected chi connectivity index (χ3v) is 4.80. The molecule has 1 aromatic carbocycles. The van der Waals surface area contributed by atoms with Crippen molar-refractivity contribution < 1.29 is 19.1 Å². The fraction of sp³-hybridized carbons (Fsp3) is 0.300. The van der Waals surface area contributed by atoms with Crippen LogP contribution in [0.2, 0.25) is 0 Å². The first-order chi connectivity index (χ1) is 13.9. The van der Waals surface area contributed by atoms with E-state index in [9.17, 15) is 19.2 Å². The first-order valence-corrected chi connectivity index (χ1v) is 9.04. The Labute approximate surface area is 165 Å². The first kappa shape index (κ1) is 20.1. The number of carbonyl (C=O) groups excluding carboxylic acids is 2. The molecule has 0 aliphatic carbocycles. The third-order valence-electron chi connectivity index (χ3n) is 4.80. The molecule has 152 valence electrons. The summed E-state index contributed by atoms with van der Waals surface area (Å²) in [6, 6.07) is 3.90. The minimum atomic E-state index is -0.729. The summed E-state index contributed by atoms with van der Waals surface area (Å²) in [5.74, 6) is -1.42. The van der Waals surface area contributed by atoms with Crippen LogP contribution in [0.15, 0.2) is 27.8 Å². The van der Waals surface area contributed by atoms with Crippen molar-refractivity contribution in [1.82, 2.24) is 9.97 Å². The second-order valence-electron chi connectivity index (χ2n) is 6.32. The number of rotatable bonds is 5. The molecular formula is C20H21N3O6. The van der Waals surface area contributed by atoms with Crippen LogP contribution >= 0.6 is 0 Å². The van der Waals surface area contributed by atoms with Crippen LogP contribution in [0, 0.1) is 0 Å². The lowest BCUT2D eigenvalue weighted by Gasteiger charge is -2.23. The van der Waals surface area contributed by atoms with Crippen LogP contribution in [-0.2, 0) is 9.47 Å². The number of hydrogen-bond acceptors (Lipinski definition) is 7.